The lowest BCUT2D eigenvalue weighted by Crippen LogP contribution is -2.57. The van der Waals surface area contributed by atoms with Gasteiger partial charge in [0.2, 0.25) is 5.91 Å². The van der Waals surface area contributed by atoms with E-state index in [4.69, 9.17) is 5.73 Å². The van der Waals surface area contributed by atoms with E-state index in [1.165, 1.54) is 6.42 Å². The van der Waals surface area contributed by atoms with Crippen LogP contribution in [0.25, 0.3) is 0 Å². The van der Waals surface area contributed by atoms with Crippen molar-refractivity contribution in [2.75, 3.05) is 0 Å². The van der Waals surface area contributed by atoms with Gasteiger partial charge in [0, 0.05) is 5.54 Å². The van der Waals surface area contributed by atoms with E-state index < -0.39 is 6.04 Å². The lowest BCUT2D eigenvalue weighted by molar-refractivity contribution is -0.125. The first kappa shape index (κ1) is 13.9. The first-order valence-corrected chi connectivity index (χ1v) is 6.90. The summed E-state index contributed by atoms with van der Waals surface area (Å²) in [6, 6.07) is 6.27. The first-order chi connectivity index (χ1) is 9.04. The summed E-state index contributed by atoms with van der Waals surface area (Å²) >= 11 is 0. The second kappa shape index (κ2) is 5.61. The minimum absolute atomic E-state index is 0.0103. The third kappa shape index (κ3) is 3.26. The summed E-state index contributed by atoms with van der Waals surface area (Å²) < 4.78 is 0. The van der Waals surface area contributed by atoms with Gasteiger partial charge in [-0.3, -0.25) is 4.79 Å². The standard InChI is InChI=1S/C15H22N2O2/c1-2-15(8-3-9-15)17-14(19)13(16)10-11-4-6-12(18)7-5-11/h4-7,13,18H,2-3,8-10,16H2,1H3,(H,17,19). The second-order valence-electron chi connectivity index (χ2n) is 5.45. The molecule has 104 valence electrons. The van der Waals surface area contributed by atoms with Crippen molar-refractivity contribution in [3.8, 4) is 5.75 Å². The maximum absolute atomic E-state index is 12.1. The van der Waals surface area contributed by atoms with E-state index in [-0.39, 0.29) is 17.2 Å². The van der Waals surface area contributed by atoms with Crippen LogP contribution in [0.1, 0.15) is 38.2 Å². The van der Waals surface area contributed by atoms with E-state index in [9.17, 15) is 9.90 Å². The van der Waals surface area contributed by atoms with Crippen molar-refractivity contribution >= 4 is 5.91 Å². The molecule has 4 N–H and O–H groups in total. The Balaban J connectivity index is 1.90. The van der Waals surface area contributed by atoms with Crippen LogP contribution in [-0.2, 0) is 11.2 Å². The number of phenols is 1. The molecule has 1 atom stereocenters. The molecule has 0 aromatic heterocycles. The van der Waals surface area contributed by atoms with Gasteiger partial charge >= 0.3 is 0 Å². The molecule has 0 heterocycles. The van der Waals surface area contributed by atoms with Gasteiger partial charge < -0.3 is 16.2 Å². The Kier molecular flexibility index (Phi) is 4.10. The molecule has 4 heteroatoms. The maximum Gasteiger partial charge on any atom is 0.237 e. The summed E-state index contributed by atoms with van der Waals surface area (Å²) in [5.41, 5.74) is 6.90. The topological polar surface area (TPSA) is 75.4 Å². The Morgan fingerprint density at radius 3 is 2.53 bits per heavy atom. The van der Waals surface area contributed by atoms with Crippen molar-refractivity contribution in [2.45, 2.75) is 50.6 Å². The Hall–Kier alpha value is -1.55. The lowest BCUT2D eigenvalue weighted by atomic mass is 9.74. The van der Waals surface area contributed by atoms with Gasteiger partial charge in [-0.1, -0.05) is 19.1 Å². The predicted molar refractivity (Wildman–Crippen MR) is 74.8 cm³/mol. The summed E-state index contributed by atoms with van der Waals surface area (Å²) in [5.74, 6) is 0.149. The van der Waals surface area contributed by atoms with Gasteiger partial charge in [-0.05, 0) is 49.8 Å². The fraction of sp³-hybridized carbons (Fsp3) is 0.533. The molecule has 1 aromatic rings. The van der Waals surface area contributed by atoms with Crippen LogP contribution >= 0.6 is 0 Å². The normalized spacial score (nSPS) is 18.4. The van der Waals surface area contributed by atoms with Crippen molar-refractivity contribution < 1.29 is 9.90 Å². The summed E-state index contributed by atoms with van der Waals surface area (Å²) in [6.07, 6.45) is 4.75. The fourth-order valence-corrected chi connectivity index (χ4v) is 2.50. The van der Waals surface area contributed by atoms with Crippen molar-refractivity contribution in [3.63, 3.8) is 0 Å². The summed E-state index contributed by atoms with van der Waals surface area (Å²) in [5, 5.41) is 12.3. The van der Waals surface area contributed by atoms with Crippen molar-refractivity contribution in [1.82, 2.24) is 5.32 Å². The minimum atomic E-state index is -0.534. The number of hydrogen-bond donors (Lipinski definition) is 3. The molecule has 0 radical (unpaired) electrons. The zero-order valence-corrected chi connectivity index (χ0v) is 11.4. The molecule has 0 saturated heterocycles. The molecule has 19 heavy (non-hydrogen) atoms. The Bertz CT molecular complexity index is 432. The lowest BCUT2D eigenvalue weighted by Gasteiger charge is -2.42. The average molecular weight is 262 g/mol. The highest BCUT2D eigenvalue weighted by atomic mass is 16.3. The smallest absolute Gasteiger partial charge is 0.237 e. The Labute approximate surface area is 114 Å². The summed E-state index contributed by atoms with van der Waals surface area (Å²) in [4.78, 5) is 12.1. The van der Waals surface area contributed by atoms with Crippen LogP contribution in [0, 0.1) is 0 Å². The molecule has 1 amide bonds. The van der Waals surface area contributed by atoms with E-state index >= 15 is 0 Å². The van der Waals surface area contributed by atoms with Crippen LogP contribution in [-0.4, -0.2) is 22.6 Å². The first-order valence-electron chi connectivity index (χ1n) is 6.90. The zero-order valence-electron chi connectivity index (χ0n) is 11.4. The van der Waals surface area contributed by atoms with E-state index in [0.29, 0.717) is 6.42 Å². The second-order valence-corrected chi connectivity index (χ2v) is 5.45. The molecule has 1 aliphatic rings. The van der Waals surface area contributed by atoms with Gasteiger partial charge in [0.05, 0.1) is 6.04 Å². The highest BCUT2D eigenvalue weighted by Gasteiger charge is 2.37. The number of carbonyl (C=O) groups excluding carboxylic acids is 1. The average Bonchev–Trinajstić information content (AvgIpc) is 2.36. The minimum Gasteiger partial charge on any atom is -0.508 e. The number of hydrogen-bond acceptors (Lipinski definition) is 3. The molecule has 1 aromatic carbocycles. The molecule has 4 nitrogen and oxygen atoms in total. The number of phenolic OH excluding ortho intramolecular Hbond substituents is 1. The molecule has 1 saturated carbocycles. The fourth-order valence-electron chi connectivity index (χ4n) is 2.50. The van der Waals surface area contributed by atoms with Crippen molar-refractivity contribution in [1.29, 1.82) is 0 Å². The number of aromatic hydroxyl groups is 1. The van der Waals surface area contributed by atoms with Crippen LogP contribution in [0.15, 0.2) is 24.3 Å². The molecular weight excluding hydrogens is 240 g/mol. The Morgan fingerprint density at radius 2 is 2.05 bits per heavy atom. The van der Waals surface area contributed by atoms with Gasteiger partial charge in [0.25, 0.3) is 0 Å². The molecule has 0 bridgehead atoms. The number of rotatable bonds is 5. The third-order valence-electron chi connectivity index (χ3n) is 4.10. The molecular formula is C15H22N2O2. The van der Waals surface area contributed by atoms with Crippen LogP contribution in [0.2, 0.25) is 0 Å². The quantitative estimate of drug-likeness (QED) is 0.756. The largest absolute Gasteiger partial charge is 0.508 e. The molecule has 1 unspecified atom stereocenters. The van der Waals surface area contributed by atoms with Crippen molar-refractivity contribution in [3.05, 3.63) is 29.8 Å². The predicted octanol–water partition coefficient (Wildman–Crippen LogP) is 1.71. The molecule has 0 aliphatic heterocycles. The number of nitrogens with two attached hydrogens (primary N) is 1. The van der Waals surface area contributed by atoms with Gasteiger partial charge in [-0.2, -0.15) is 0 Å². The molecule has 2 rings (SSSR count). The van der Waals surface area contributed by atoms with Gasteiger partial charge in [0.15, 0.2) is 0 Å². The number of benzene rings is 1. The maximum atomic E-state index is 12.1. The number of carbonyl (C=O) groups is 1. The monoisotopic (exact) mass is 262 g/mol. The molecule has 1 fully saturated rings. The molecule has 0 spiro atoms. The highest BCUT2D eigenvalue weighted by molar-refractivity contribution is 5.82. The van der Waals surface area contributed by atoms with Gasteiger partial charge in [-0.15, -0.1) is 0 Å². The highest BCUT2D eigenvalue weighted by Crippen LogP contribution is 2.34. The zero-order chi connectivity index (χ0) is 13.9. The van der Waals surface area contributed by atoms with E-state index in [0.717, 1.165) is 24.8 Å². The molecule has 1 aliphatic carbocycles. The third-order valence-corrected chi connectivity index (χ3v) is 4.10. The SMILES string of the molecule is CCC1(NC(=O)C(N)Cc2ccc(O)cc2)CCC1. The van der Waals surface area contributed by atoms with E-state index in [1.54, 1.807) is 24.3 Å². The summed E-state index contributed by atoms with van der Waals surface area (Å²) in [7, 11) is 0. The van der Waals surface area contributed by atoms with Crippen molar-refractivity contribution in [2.24, 2.45) is 5.73 Å². The van der Waals surface area contributed by atoms with Gasteiger partial charge in [-0.25, -0.2) is 0 Å². The van der Waals surface area contributed by atoms with Crippen LogP contribution in [0.5, 0.6) is 5.75 Å². The van der Waals surface area contributed by atoms with Crippen LogP contribution < -0.4 is 11.1 Å². The summed E-state index contributed by atoms with van der Waals surface area (Å²) in [6.45, 7) is 2.10. The van der Waals surface area contributed by atoms with Crippen LogP contribution in [0.4, 0.5) is 0 Å². The Morgan fingerprint density at radius 1 is 1.42 bits per heavy atom. The number of amides is 1. The van der Waals surface area contributed by atoms with Crippen LogP contribution in [0.3, 0.4) is 0 Å². The van der Waals surface area contributed by atoms with E-state index in [1.807, 2.05) is 0 Å². The van der Waals surface area contributed by atoms with E-state index in [2.05, 4.69) is 12.2 Å². The number of nitrogens with one attached hydrogen (secondary N) is 1. The van der Waals surface area contributed by atoms with Gasteiger partial charge in [0.1, 0.15) is 5.75 Å².